The summed E-state index contributed by atoms with van der Waals surface area (Å²) in [5.74, 6) is 1.01. The molecule has 0 bridgehead atoms. The molecule has 3 rings (SSSR count). The molecule has 6 heteroatoms. The van der Waals surface area contributed by atoms with Crippen LogP contribution in [0.15, 0.2) is 6.20 Å². The van der Waals surface area contributed by atoms with Gasteiger partial charge >= 0.3 is 0 Å². The Bertz CT molecular complexity index is 638. The monoisotopic (exact) mass is 372 g/mol. The Balaban J connectivity index is 1.62. The molecule has 148 valence electrons. The minimum Gasteiger partial charge on any atom is -0.393 e. The second-order valence-electron chi connectivity index (χ2n) is 7.98. The standard InChI is InChI=1S/C21H32N4O2/c1-2-27-19-9-7-17(8-10-19)24-21-23-14-16(13-22)20(25-21)12-15-5-3-4-6-18(26)11-15/h14-15,17-19,26H,2-12H2,1H3,(H,23,24,25)/t15-,17?,18+,19?/m1/s1. The third kappa shape index (κ3) is 5.88. The highest BCUT2D eigenvalue weighted by Gasteiger charge is 2.23. The van der Waals surface area contributed by atoms with Crippen molar-refractivity contribution in [3.05, 3.63) is 17.5 Å². The predicted octanol–water partition coefficient (Wildman–Crippen LogP) is 3.59. The summed E-state index contributed by atoms with van der Waals surface area (Å²) in [6, 6.07) is 2.59. The Morgan fingerprint density at radius 1 is 1.22 bits per heavy atom. The Hall–Kier alpha value is -1.71. The number of nitrogens with zero attached hydrogens (tertiary/aromatic N) is 3. The summed E-state index contributed by atoms with van der Waals surface area (Å²) in [4.78, 5) is 9.05. The van der Waals surface area contributed by atoms with Crippen molar-refractivity contribution in [2.45, 2.75) is 89.4 Å². The van der Waals surface area contributed by atoms with E-state index in [-0.39, 0.29) is 6.10 Å². The maximum Gasteiger partial charge on any atom is 0.223 e. The molecule has 0 radical (unpaired) electrons. The van der Waals surface area contributed by atoms with Crippen LogP contribution in [0.25, 0.3) is 0 Å². The minimum absolute atomic E-state index is 0.219. The van der Waals surface area contributed by atoms with Crippen molar-refractivity contribution in [1.29, 1.82) is 5.26 Å². The summed E-state index contributed by atoms with van der Waals surface area (Å²) in [6.45, 7) is 2.82. The highest BCUT2D eigenvalue weighted by Crippen LogP contribution is 2.28. The fraction of sp³-hybridized carbons (Fsp3) is 0.762. The zero-order valence-electron chi connectivity index (χ0n) is 16.4. The summed E-state index contributed by atoms with van der Waals surface area (Å²) in [7, 11) is 0. The molecule has 1 heterocycles. The lowest BCUT2D eigenvalue weighted by atomic mass is 9.92. The summed E-state index contributed by atoms with van der Waals surface area (Å²) in [5.41, 5.74) is 1.37. The van der Waals surface area contributed by atoms with Crippen LogP contribution >= 0.6 is 0 Å². The van der Waals surface area contributed by atoms with Crippen LogP contribution in [-0.2, 0) is 11.2 Å². The SMILES string of the molecule is CCOC1CCC(Nc2ncc(C#N)c(C[C@@H]3CCCC[C@H](O)C3)n2)CC1. The molecule has 0 aromatic carbocycles. The fourth-order valence-electron chi connectivity index (χ4n) is 4.42. The number of nitrogens with one attached hydrogen (secondary N) is 1. The van der Waals surface area contributed by atoms with Crippen LogP contribution in [0.2, 0.25) is 0 Å². The molecule has 1 aromatic heterocycles. The van der Waals surface area contributed by atoms with Gasteiger partial charge in [0.25, 0.3) is 0 Å². The molecule has 27 heavy (non-hydrogen) atoms. The van der Waals surface area contributed by atoms with E-state index in [1.54, 1.807) is 6.20 Å². The van der Waals surface area contributed by atoms with Crippen LogP contribution in [0.3, 0.4) is 0 Å². The lowest BCUT2D eigenvalue weighted by molar-refractivity contribution is 0.0346. The predicted molar refractivity (Wildman–Crippen MR) is 104 cm³/mol. The second kappa shape index (κ2) is 10.0. The summed E-state index contributed by atoms with van der Waals surface area (Å²) in [5, 5.41) is 23.0. The summed E-state index contributed by atoms with van der Waals surface area (Å²) < 4.78 is 5.72. The number of hydrogen-bond donors (Lipinski definition) is 2. The number of aromatic nitrogens is 2. The third-order valence-electron chi connectivity index (χ3n) is 5.89. The lowest BCUT2D eigenvalue weighted by Gasteiger charge is -2.29. The number of anilines is 1. The molecule has 2 N–H and O–H groups in total. The highest BCUT2D eigenvalue weighted by molar-refractivity contribution is 5.37. The van der Waals surface area contributed by atoms with E-state index in [0.29, 0.717) is 29.6 Å². The van der Waals surface area contributed by atoms with Crippen LogP contribution in [0.4, 0.5) is 5.95 Å². The number of ether oxygens (including phenoxy) is 1. The molecular formula is C21H32N4O2. The van der Waals surface area contributed by atoms with Crippen LogP contribution in [-0.4, -0.2) is 39.9 Å². The Morgan fingerprint density at radius 3 is 2.74 bits per heavy atom. The van der Waals surface area contributed by atoms with Crippen LogP contribution in [0, 0.1) is 17.2 Å². The largest absolute Gasteiger partial charge is 0.393 e. The third-order valence-corrected chi connectivity index (χ3v) is 5.89. The van der Waals surface area contributed by atoms with Gasteiger partial charge in [-0.3, -0.25) is 0 Å². The highest BCUT2D eigenvalue weighted by atomic mass is 16.5. The van der Waals surface area contributed by atoms with Crippen LogP contribution < -0.4 is 5.32 Å². The molecular weight excluding hydrogens is 340 g/mol. The fourth-order valence-corrected chi connectivity index (χ4v) is 4.42. The van der Waals surface area contributed by atoms with Gasteiger partial charge in [-0.25, -0.2) is 9.97 Å². The van der Waals surface area contributed by atoms with E-state index in [9.17, 15) is 10.4 Å². The molecule has 0 saturated heterocycles. The van der Waals surface area contributed by atoms with E-state index in [2.05, 4.69) is 21.4 Å². The van der Waals surface area contributed by atoms with Crippen molar-refractivity contribution in [3.8, 4) is 6.07 Å². The zero-order valence-corrected chi connectivity index (χ0v) is 16.4. The summed E-state index contributed by atoms with van der Waals surface area (Å²) >= 11 is 0. The van der Waals surface area contributed by atoms with Crippen molar-refractivity contribution in [2.24, 2.45) is 5.92 Å². The first kappa shape index (κ1) is 20.0. The van der Waals surface area contributed by atoms with Gasteiger partial charge in [0.05, 0.1) is 29.7 Å². The molecule has 2 saturated carbocycles. The first-order valence-electron chi connectivity index (χ1n) is 10.5. The van der Waals surface area contributed by atoms with E-state index in [1.165, 1.54) is 0 Å². The number of aliphatic hydroxyl groups excluding tert-OH is 1. The molecule has 2 aliphatic carbocycles. The van der Waals surface area contributed by atoms with Gasteiger partial charge < -0.3 is 15.2 Å². The van der Waals surface area contributed by atoms with E-state index in [4.69, 9.17) is 4.74 Å². The zero-order chi connectivity index (χ0) is 19.1. The lowest BCUT2D eigenvalue weighted by Crippen LogP contribution is -2.30. The van der Waals surface area contributed by atoms with Crippen molar-refractivity contribution < 1.29 is 9.84 Å². The van der Waals surface area contributed by atoms with Gasteiger partial charge in [0.1, 0.15) is 6.07 Å². The van der Waals surface area contributed by atoms with Crippen molar-refractivity contribution >= 4 is 5.95 Å². The molecule has 2 fully saturated rings. The molecule has 0 aliphatic heterocycles. The molecule has 2 aliphatic rings. The smallest absolute Gasteiger partial charge is 0.223 e. The Labute approximate surface area is 162 Å². The molecule has 0 amide bonds. The molecule has 0 spiro atoms. The first-order chi connectivity index (χ1) is 13.2. The van der Waals surface area contributed by atoms with Gasteiger partial charge in [-0.1, -0.05) is 12.8 Å². The van der Waals surface area contributed by atoms with Crippen molar-refractivity contribution in [1.82, 2.24) is 9.97 Å². The minimum atomic E-state index is -0.219. The van der Waals surface area contributed by atoms with E-state index < -0.39 is 0 Å². The van der Waals surface area contributed by atoms with E-state index >= 15 is 0 Å². The number of nitriles is 1. The normalized spacial score (nSPS) is 28.9. The van der Waals surface area contributed by atoms with Crippen LogP contribution in [0.1, 0.15) is 76.0 Å². The molecule has 2 atom stereocenters. The van der Waals surface area contributed by atoms with Gasteiger partial charge in [0, 0.05) is 12.6 Å². The molecule has 1 aromatic rings. The summed E-state index contributed by atoms with van der Waals surface area (Å²) in [6.07, 6.45) is 11.8. The molecule has 6 nitrogen and oxygen atoms in total. The Morgan fingerprint density at radius 2 is 2.00 bits per heavy atom. The Kier molecular flexibility index (Phi) is 7.42. The van der Waals surface area contributed by atoms with Gasteiger partial charge in [0.2, 0.25) is 5.95 Å². The first-order valence-corrected chi connectivity index (χ1v) is 10.5. The average Bonchev–Trinajstić information content (AvgIpc) is 2.87. The van der Waals surface area contributed by atoms with Gasteiger partial charge in [-0.05, 0) is 64.2 Å². The number of aliphatic hydroxyl groups is 1. The maximum absolute atomic E-state index is 10.1. The van der Waals surface area contributed by atoms with Crippen LogP contribution in [0.5, 0.6) is 0 Å². The number of rotatable bonds is 6. The average molecular weight is 373 g/mol. The van der Waals surface area contributed by atoms with Gasteiger partial charge in [-0.15, -0.1) is 0 Å². The van der Waals surface area contributed by atoms with Crippen molar-refractivity contribution in [3.63, 3.8) is 0 Å². The van der Waals surface area contributed by atoms with Gasteiger partial charge in [0.15, 0.2) is 0 Å². The maximum atomic E-state index is 10.1. The number of hydrogen-bond acceptors (Lipinski definition) is 6. The molecule has 0 unspecified atom stereocenters. The van der Waals surface area contributed by atoms with Gasteiger partial charge in [-0.2, -0.15) is 5.26 Å². The van der Waals surface area contributed by atoms with E-state index in [1.807, 2.05) is 6.92 Å². The topological polar surface area (TPSA) is 91.1 Å². The second-order valence-corrected chi connectivity index (χ2v) is 7.98. The van der Waals surface area contributed by atoms with E-state index in [0.717, 1.165) is 76.5 Å². The quantitative estimate of drug-likeness (QED) is 0.742. The van der Waals surface area contributed by atoms with Crippen molar-refractivity contribution in [2.75, 3.05) is 11.9 Å².